The Morgan fingerprint density at radius 1 is 1.53 bits per heavy atom. The van der Waals surface area contributed by atoms with Crippen LogP contribution in [0.15, 0.2) is 18.2 Å². The summed E-state index contributed by atoms with van der Waals surface area (Å²) in [5.41, 5.74) is 0.329. The number of carbonyl (C=O) groups excluding carboxylic acids is 1. The minimum Gasteiger partial charge on any atom is -0.355 e. The van der Waals surface area contributed by atoms with Crippen molar-refractivity contribution in [2.45, 2.75) is 13.3 Å². The lowest BCUT2D eigenvalue weighted by Gasteiger charge is -1.96. The van der Waals surface area contributed by atoms with Crippen LogP contribution in [0.5, 0.6) is 0 Å². The summed E-state index contributed by atoms with van der Waals surface area (Å²) in [6, 6.07) is 6.10. The molecule has 3 nitrogen and oxygen atoms in total. The first kappa shape index (κ1) is 12.7. The fourth-order valence-electron chi connectivity index (χ4n) is 1.20. The second kappa shape index (κ2) is 6.30. The Hall–Kier alpha value is -2.33. The van der Waals surface area contributed by atoms with Crippen LogP contribution >= 0.6 is 0 Å². The summed E-state index contributed by atoms with van der Waals surface area (Å²) in [6.45, 7) is 1.87. The normalized spacial score (nSPS) is 8.76. The number of amides is 1. The lowest BCUT2D eigenvalue weighted by Crippen LogP contribution is -2.20. The first-order chi connectivity index (χ1) is 8.15. The van der Waals surface area contributed by atoms with Crippen LogP contribution in [0, 0.1) is 29.0 Å². The average molecular weight is 230 g/mol. The molecule has 0 bridgehead atoms. The van der Waals surface area contributed by atoms with Crippen molar-refractivity contribution in [3.8, 4) is 17.9 Å². The van der Waals surface area contributed by atoms with Gasteiger partial charge in [0.15, 0.2) is 0 Å². The molecule has 17 heavy (non-hydrogen) atoms. The Morgan fingerprint density at radius 2 is 2.29 bits per heavy atom. The molecule has 0 saturated carbocycles. The van der Waals surface area contributed by atoms with E-state index in [0.717, 1.165) is 0 Å². The van der Waals surface area contributed by atoms with Crippen LogP contribution < -0.4 is 5.32 Å². The summed E-state index contributed by atoms with van der Waals surface area (Å²) in [6.07, 6.45) is 0.459. The van der Waals surface area contributed by atoms with E-state index in [2.05, 4.69) is 17.2 Å². The highest BCUT2D eigenvalue weighted by Crippen LogP contribution is 2.10. The molecule has 0 aliphatic heterocycles. The van der Waals surface area contributed by atoms with Crippen LogP contribution in [0.1, 0.15) is 24.5 Å². The predicted octanol–water partition coefficient (Wildman–Crippen LogP) is 1.58. The molecule has 1 N–H and O–H groups in total. The lowest BCUT2D eigenvalue weighted by atomic mass is 10.1. The molecule has 0 saturated heterocycles. The van der Waals surface area contributed by atoms with Gasteiger partial charge in [-0.1, -0.05) is 17.9 Å². The minimum atomic E-state index is -0.568. The van der Waals surface area contributed by atoms with Gasteiger partial charge in [-0.25, -0.2) is 4.39 Å². The molecular weight excluding hydrogens is 219 g/mol. The number of nitriles is 1. The van der Waals surface area contributed by atoms with E-state index in [9.17, 15) is 9.18 Å². The Balaban J connectivity index is 2.70. The molecule has 1 amide bonds. The van der Waals surface area contributed by atoms with E-state index in [1.165, 1.54) is 19.1 Å². The van der Waals surface area contributed by atoms with Crippen molar-refractivity contribution < 1.29 is 9.18 Å². The molecule has 86 valence electrons. The predicted molar refractivity (Wildman–Crippen MR) is 61.3 cm³/mol. The van der Waals surface area contributed by atoms with Crippen molar-refractivity contribution in [2.24, 2.45) is 0 Å². The van der Waals surface area contributed by atoms with E-state index < -0.39 is 5.82 Å². The maximum absolute atomic E-state index is 13.2. The maximum Gasteiger partial charge on any atom is 0.216 e. The zero-order valence-electron chi connectivity index (χ0n) is 9.38. The molecule has 0 heterocycles. The van der Waals surface area contributed by atoms with Gasteiger partial charge in [-0.15, -0.1) is 0 Å². The van der Waals surface area contributed by atoms with E-state index in [4.69, 9.17) is 5.26 Å². The summed E-state index contributed by atoms with van der Waals surface area (Å²) >= 11 is 0. The third-order valence-corrected chi connectivity index (χ3v) is 1.97. The van der Waals surface area contributed by atoms with Crippen LogP contribution in [0.2, 0.25) is 0 Å². The lowest BCUT2D eigenvalue weighted by molar-refractivity contribution is -0.118. The maximum atomic E-state index is 13.2. The van der Waals surface area contributed by atoms with Crippen molar-refractivity contribution in [3.63, 3.8) is 0 Å². The van der Waals surface area contributed by atoms with Gasteiger partial charge in [0.25, 0.3) is 0 Å². The smallest absolute Gasteiger partial charge is 0.216 e. The highest BCUT2D eigenvalue weighted by molar-refractivity contribution is 5.72. The van der Waals surface area contributed by atoms with Crippen LogP contribution in [0.25, 0.3) is 0 Å². The Kier molecular flexibility index (Phi) is 4.72. The number of halogens is 1. The minimum absolute atomic E-state index is 0.0421. The molecule has 4 heteroatoms. The molecule has 0 aliphatic carbocycles. The fourth-order valence-corrected chi connectivity index (χ4v) is 1.20. The van der Waals surface area contributed by atoms with Crippen LogP contribution in [-0.4, -0.2) is 12.5 Å². The number of rotatable bonds is 2. The molecule has 1 rings (SSSR count). The van der Waals surface area contributed by atoms with Gasteiger partial charge < -0.3 is 5.32 Å². The first-order valence-corrected chi connectivity index (χ1v) is 5.07. The van der Waals surface area contributed by atoms with Gasteiger partial charge in [0.2, 0.25) is 5.91 Å². The number of hydrogen-bond acceptors (Lipinski definition) is 2. The molecule has 0 unspecified atom stereocenters. The van der Waals surface area contributed by atoms with Crippen molar-refractivity contribution in [1.29, 1.82) is 5.26 Å². The molecule has 0 aromatic heterocycles. The second-order valence-corrected chi connectivity index (χ2v) is 3.31. The van der Waals surface area contributed by atoms with E-state index in [1.54, 1.807) is 12.1 Å². The van der Waals surface area contributed by atoms with Gasteiger partial charge in [-0.05, 0) is 12.1 Å². The Labute approximate surface area is 99.3 Å². The van der Waals surface area contributed by atoms with E-state index in [-0.39, 0.29) is 11.5 Å². The molecule has 0 radical (unpaired) electrons. The summed E-state index contributed by atoms with van der Waals surface area (Å²) in [5.74, 6) is 4.81. The highest BCUT2D eigenvalue weighted by Gasteiger charge is 2.04. The average Bonchev–Trinajstić information content (AvgIpc) is 2.28. The SMILES string of the molecule is CC(=O)NCCC#Cc1cccc(F)c1C#N. The zero-order chi connectivity index (χ0) is 12.7. The first-order valence-electron chi connectivity index (χ1n) is 5.07. The molecule has 1 aromatic carbocycles. The van der Waals surface area contributed by atoms with Crippen molar-refractivity contribution in [3.05, 3.63) is 35.1 Å². The van der Waals surface area contributed by atoms with Gasteiger partial charge in [0.1, 0.15) is 17.4 Å². The second-order valence-electron chi connectivity index (χ2n) is 3.31. The summed E-state index contributed by atoms with van der Waals surface area (Å²) < 4.78 is 13.2. The third-order valence-electron chi connectivity index (χ3n) is 1.97. The van der Waals surface area contributed by atoms with Crippen LogP contribution in [0.4, 0.5) is 4.39 Å². The largest absolute Gasteiger partial charge is 0.355 e. The van der Waals surface area contributed by atoms with Crippen LogP contribution in [0.3, 0.4) is 0 Å². The summed E-state index contributed by atoms with van der Waals surface area (Å²) in [7, 11) is 0. The quantitative estimate of drug-likeness (QED) is 0.619. The number of carbonyl (C=O) groups is 1. The van der Waals surface area contributed by atoms with E-state index in [0.29, 0.717) is 18.5 Å². The molecule has 0 fully saturated rings. The van der Waals surface area contributed by atoms with Crippen LogP contribution in [-0.2, 0) is 4.79 Å². The molecule has 0 spiro atoms. The van der Waals surface area contributed by atoms with Crippen molar-refractivity contribution in [2.75, 3.05) is 6.54 Å². The van der Waals surface area contributed by atoms with Crippen molar-refractivity contribution in [1.82, 2.24) is 5.32 Å². The Morgan fingerprint density at radius 3 is 2.94 bits per heavy atom. The third kappa shape index (κ3) is 3.96. The number of nitrogens with one attached hydrogen (secondary N) is 1. The van der Waals surface area contributed by atoms with Gasteiger partial charge in [0.05, 0.1) is 0 Å². The molecule has 0 aliphatic rings. The van der Waals surface area contributed by atoms with Gasteiger partial charge >= 0.3 is 0 Å². The van der Waals surface area contributed by atoms with Gasteiger partial charge in [0, 0.05) is 25.5 Å². The van der Waals surface area contributed by atoms with E-state index >= 15 is 0 Å². The monoisotopic (exact) mass is 230 g/mol. The summed E-state index contributed by atoms with van der Waals surface area (Å²) in [5, 5.41) is 11.4. The van der Waals surface area contributed by atoms with Gasteiger partial charge in [-0.3, -0.25) is 4.79 Å². The fraction of sp³-hybridized carbons (Fsp3) is 0.231. The molecular formula is C13H11FN2O. The highest BCUT2D eigenvalue weighted by atomic mass is 19.1. The van der Waals surface area contributed by atoms with E-state index in [1.807, 2.05) is 0 Å². The molecule has 0 atom stereocenters. The number of nitrogens with zero attached hydrogens (tertiary/aromatic N) is 1. The zero-order valence-corrected chi connectivity index (χ0v) is 9.38. The standard InChI is InChI=1S/C13H11FN2O/c1-10(17)16-8-3-2-5-11-6-4-7-13(14)12(11)9-15/h4,6-7H,3,8H2,1H3,(H,16,17). The topological polar surface area (TPSA) is 52.9 Å². The van der Waals surface area contributed by atoms with Gasteiger partial charge in [-0.2, -0.15) is 5.26 Å². The number of hydrogen-bond donors (Lipinski definition) is 1. The Bertz CT molecular complexity index is 520. The van der Waals surface area contributed by atoms with Crippen molar-refractivity contribution >= 4 is 5.91 Å². The molecule has 1 aromatic rings. The number of benzene rings is 1. The summed E-state index contributed by atoms with van der Waals surface area (Å²) in [4.78, 5) is 10.6.